The highest BCUT2D eigenvalue weighted by Crippen LogP contribution is 2.30. The van der Waals surface area contributed by atoms with E-state index in [9.17, 15) is 18.3 Å². The largest absolute Gasteiger partial charge is 0.489 e. The predicted octanol–water partition coefficient (Wildman–Crippen LogP) is 7.07. The van der Waals surface area contributed by atoms with Gasteiger partial charge >= 0.3 is 5.97 Å². The Hall–Kier alpha value is -4.97. The molecule has 0 aliphatic heterocycles. The zero-order valence-electron chi connectivity index (χ0n) is 28.5. The molecule has 1 aliphatic rings. The summed E-state index contributed by atoms with van der Waals surface area (Å²) in [6.45, 7) is 10.7. The molecular weight excluding hydrogens is 643 g/mol. The molecule has 1 aliphatic carbocycles. The Balaban J connectivity index is 1.38. The summed E-state index contributed by atoms with van der Waals surface area (Å²) in [4.78, 5) is 24.8. The molecule has 3 N–H and O–H groups in total. The SMILES string of the molecule is Cc1cccc(C)c1-c1cc(OC/C(=C\C(C)(C)C)NCc2ccc(OC3CCCC3)cn2)nc(NS(=O)(=O)c2cccc(C(=O)O)c2)n1. The van der Waals surface area contributed by atoms with Gasteiger partial charge in [-0.3, -0.25) is 4.98 Å². The van der Waals surface area contributed by atoms with Crippen molar-refractivity contribution in [2.45, 2.75) is 77.8 Å². The Morgan fingerprint density at radius 1 is 1.00 bits per heavy atom. The summed E-state index contributed by atoms with van der Waals surface area (Å²) in [5, 5.41) is 12.8. The number of allylic oxidation sites excluding steroid dienone is 1. The van der Waals surface area contributed by atoms with E-state index in [2.05, 4.69) is 51.8 Å². The number of carboxylic acids is 1. The van der Waals surface area contributed by atoms with Gasteiger partial charge in [0, 0.05) is 17.3 Å². The Morgan fingerprint density at radius 3 is 2.37 bits per heavy atom. The van der Waals surface area contributed by atoms with Crippen LogP contribution in [0.3, 0.4) is 0 Å². The molecule has 0 bridgehead atoms. The lowest BCUT2D eigenvalue weighted by molar-refractivity contribution is 0.0696. The Bertz CT molecular complexity index is 1910. The molecule has 2 heterocycles. The van der Waals surface area contributed by atoms with E-state index in [1.54, 1.807) is 12.3 Å². The van der Waals surface area contributed by atoms with Gasteiger partial charge in [-0.25, -0.2) is 22.9 Å². The quantitative estimate of drug-likeness (QED) is 0.133. The van der Waals surface area contributed by atoms with Crippen molar-refractivity contribution in [3.05, 3.63) is 101 Å². The summed E-state index contributed by atoms with van der Waals surface area (Å²) in [5.74, 6) is -0.532. The lowest BCUT2D eigenvalue weighted by Gasteiger charge is -2.19. The maximum Gasteiger partial charge on any atom is 0.335 e. The van der Waals surface area contributed by atoms with E-state index in [1.165, 1.54) is 31.0 Å². The summed E-state index contributed by atoms with van der Waals surface area (Å²) in [7, 11) is -4.24. The van der Waals surface area contributed by atoms with Gasteiger partial charge < -0.3 is 19.9 Å². The van der Waals surface area contributed by atoms with E-state index < -0.39 is 16.0 Å². The highest BCUT2D eigenvalue weighted by Gasteiger charge is 2.21. The first-order chi connectivity index (χ1) is 23.3. The predicted molar refractivity (Wildman–Crippen MR) is 188 cm³/mol. The smallest absolute Gasteiger partial charge is 0.335 e. The molecule has 5 rings (SSSR count). The highest BCUT2D eigenvalue weighted by molar-refractivity contribution is 7.92. The molecule has 0 atom stereocenters. The molecule has 49 heavy (non-hydrogen) atoms. The van der Waals surface area contributed by atoms with Crippen LogP contribution >= 0.6 is 0 Å². The van der Waals surface area contributed by atoms with E-state index in [0.29, 0.717) is 12.2 Å². The third-order valence-electron chi connectivity index (χ3n) is 7.94. The fraction of sp³-hybridized carbons (Fsp3) is 0.351. The molecule has 0 spiro atoms. The van der Waals surface area contributed by atoms with Gasteiger partial charge in [-0.05, 0) is 86.4 Å². The van der Waals surface area contributed by atoms with Crippen molar-refractivity contribution in [3.63, 3.8) is 0 Å². The van der Waals surface area contributed by atoms with E-state index in [1.807, 2.05) is 44.2 Å². The lowest BCUT2D eigenvalue weighted by Crippen LogP contribution is -2.22. The van der Waals surface area contributed by atoms with Gasteiger partial charge in [0.05, 0.1) is 40.7 Å². The molecule has 4 aromatic rings. The minimum absolute atomic E-state index is 0.107. The van der Waals surface area contributed by atoms with Crippen LogP contribution in [0.1, 0.15) is 73.6 Å². The third kappa shape index (κ3) is 9.79. The zero-order chi connectivity index (χ0) is 35.2. The number of aromatic carboxylic acids is 1. The van der Waals surface area contributed by atoms with Crippen LogP contribution in [-0.4, -0.2) is 47.2 Å². The van der Waals surface area contributed by atoms with E-state index >= 15 is 0 Å². The number of hydrogen-bond donors (Lipinski definition) is 3. The Morgan fingerprint density at radius 2 is 1.71 bits per heavy atom. The number of aryl methyl sites for hydroxylation is 2. The molecule has 12 heteroatoms. The molecule has 0 amide bonds. The van der Waals surface area contributed by atoms with E-state index in [4.69, 9.17) is 9.47 Å². The van der Waals surface area contributed by atoms with Crippen molar-refractivity contribution in [2.24, 2.45) is 5.41 Å². The van der Waals surface area contributed by atoms with Gasteiger partial charge in [-0.2, -0.15) is 4.98 Å². The first-order valence-corrected chi connectivity index (χ1v) is 17.8. The molecule has 2 aromatic heterocycles. The molecular formula is C37H43N5O6S. The van der Waals surface area contributed by atoms with E-state index in [0.717, 1.165) is 52.7 Å². The fourth-order valence-corrected chi connectivity index (χ4v) is 6.66. The fourth-order valence-electron chi connectivity index (χ4n) is 5.67. The van der Waals surface area contributed by atoms with Gasteiger partial charge in [-0.1, -0.05) is 51.1 Å². The highest BCUT2D eigenvalue weighted by atomic mass is 32.2. The normalized spacial score (nSPS) is 14.0. The second-order valence-electron chi connectivity index (χ2n) is 13.3. The minimum atomic E-state index is -4.24. The van der Waals surface area contributed by atoms with Crippen LogP contribution in [0.25, 0.3) is 11.3 Å². The molecule has 258 valence electrons. The van der Waals surface area contributed by atoms with Crippen LogP contribution in [0, 0.1) is 19.3 Å². The minimum Gasteiger partial charge on any atom is -0.489 e. The second-order valence-corrected chi connectivity index (χ2v) is 15.0. The molecule has 11 nitrogen and oxygen atoms in total. The van der Waals surface area contributed by atoms with Gasteiger partial charge in [0.15, 0.2) is 0 Å². The number of carbonyl (C=O) groups is 1. The summed E-state index contributed by atoms with van der Waals surface area (Å²) >= 11 is 0. The standard InChI is InChI=1S/C37H43N5O6S/c1-24-10-8-11-25(2)34(24)32-19-33(41-36(40-32)42-49(45,46)31-15-9-12-26(18-31)35(43)44)47-23-28(20-37(3,4)5)38-21-27-16-17-30(22-39-27)48-29-13-6-7-14-29/h8-12,15-20,22,29,38H,6-7,13-14,21,23H2,1-5H3,(H,43,44)(H,40,41,42)/b28-20+. The number of nitrogens with one attached hydrogen (secondary N) is 2. The van der Waals surface area contributed by atoms with Gasteiger partial charge in [0.1, 0.15) is 12.4 Å². The third-order valence-corrected chi connectivity index (χ3v) is 9.26. The van der Waals surface area contributed by atoms with Crippen molar-refractivity contribution in [1.82, 2.24) is 20.3 Å². The zero-order valence-corrected chi connectivity index (χ0v) is 29.3. The van der Waals surface area contributed by atoms with Gasteiger partial charge in [0.2, 0.25) is 11.8 Å². The summed E-state index contributed by atoms with van der Waals surface area (Å²) in [6, 6.07) is 16.5. The maximum atomic E-state index is 13.4. The molecule has 0 unspecified atom stereocenters. The van der Waals surface area contributed by atoms with Crippen LogP contribution in [0.2, 0.25) is 0 Å². The van der Waals surface area contributed by atoms with Crippen LogP contribution in [0.5, 0.6) is 11.6 Å². The monoisotopic (exact) mass is 685 g/mol. The summed E-state index contributed by atoms with van der Waals surface area (Å²) in [5.41, 5.74) is 4.45. The average molecular weight is 686 g/mol. The number of benzene rings is 2. The number of carboxylic acid groups (broad SMARTS) is 1. The summed E-state index contributed by atoms with van der Waals surface area (Å²) < 4.78 is 41.4. The molecule has 2 aromatic carbocycles. The number of pyridine rings is 1. The number of rotatable bonds is 13. The average Bonchev–Trinajstić information content (AvgIpc) is 3.55. The van der Waals surface area contributed by atoms with Crippen LogP contribution in [-0.2, 0) is 16.6 Å². The number of aromatic nitrogens is 3. The molecule has 0 saturated heterocycles. The lowest BCUT2D eigenvalue weighted by atomic mass is 9.95. The number of anilines is 1. The first kappa shape index (κ1) is 35.3. The second kappa shape index (κ2) is 15.1. The van der Waals surface area contributed by atoms with Crippen molar-refractivity contribution >= 4 is 21.9 Å². The molecule has 0 radical (unpaired) electrons. The maximum absolute atomic E-state index is 13.4. The Labute approximate surface area is 287 Å². The molecule has 1 fully saturated rings. The van der Waals surface area contributed by atoms with Crippen molar-refractivity contribution in [2.75, 3.05) is 11.3 Å². The van der Waals surface area contributed by atoms with Gasteiger partial charge in [0.25, 0.3) is 10.0 Å². The van der Waals surface area contributed by atoms with E-state index in [-0.39, 0.29) is 40.4 Å². The van der Waals surface area contributed by atoms with Crippen LogP contribution in [0.15, 0.2) is 83.5 Å². The molecule has 1 saturated carbocycles. The van der Waals surface area contributed by atoms with Crippen LogP contribution < -0.4 is 19.5 Å². The number of nitrogens with zero attached hydrogens (tertiary/aromatic N) is 3. The number of hydrogen-bond acceptors (Lipinski definition) is 9. The van der Waals surface area contributed by atoms with Gasteiger partial charge in [-0.15, -0.1) is 0 Å². The van der Waals surface area contributed by atoms with Crippen molar-refractivity contribution < 1.29 is 27.8 Å². The first-order valence-electron chi connectivity index (χ1n) is 16.3. The van der Waals surface area contributed by atoms with Crippen molar-refractivity contribution in [3.8, 4) is 22.9 Å². The topological polar surface area (TPSA) is 153 Å². The number of sulfonamides is 1. The van der Waals surface area contributed by atoms with Crippen molar-refractivity contribution in [1.29, 1.82) is 0 Å². The Kier molecular flexibility index (Phi) is 10.9. The van der Waals surface area contributed by atoms with Crippen LogP contribution in [0.4, 0.5) is 5.95 Å². The number of ether oxygens (including phenoxy) is 2. The summed E-state index contributed by atoms with van der Waals surface area (Å²) in [6.07, 6.45) is 8.65.